The van der Waals surface area contributed by atoms with Crippen molar-refractivity contribution in [3.8, 4) is 17.0 Å². The molecule has 0 fully saturated rings. The Morgan fingerprint density at radius 1 is 1.25 bits per heavy atom. The lowest BCUT2D eigenvalue weighted by molar-refractivity contribution is 0.415. The van der Waals surface area contributed by atoms with Gasteiger partial charge in [-0.2, -0.15) is 5.10 Å². The highest BCUT2D eigenvalue weighted by Gasteiger charge is 2.25. The summed E-state index contributed by atoms with van der Waals surface area (Å²) >= 11 is 1.80. The Balaban J connectivity index is 1.64. The molecule has 0 saturated carbocycles. The Morgan fingerprint density at radius 3 is 2.90 bits per heavy atom. The van der Waals surface area contributed by atoms with Crippen LogP contribution in [0.3, 0.4) is 0 Å². The number of methoxy groups -OCH3 is 1. The molecule has 0 aliphatic heterocycles. The van der Waals surface area contributed by atoms with Crippen LogP contribution in [-0.4, -0.2) is 17.3 Å². The van der Waals surface area contributed by atoms with E-state index in [9.17, 15) is 0 Å². The van der Waals surface area contributed by atoms with Gasteiger partial charge in [-0.05, 0) is 35.7 Å². The second-order valence-corrected chi connectivity index (χ2v) is 5.71. The van der Waals surface area contributed by atoms with Crippen molar-refractivity contribution in [2.75, 3.05) is 12.4 Å². The van der Waals surface area contributed by atoms with Crippen LogP contribution in [0.4, 0.5) is 11.5 Å². The summed E-state index contributed by atoms with van der Waals surface area (Å²) in [6, 6.07) is 10.0. The summed E-state index contributed by atoms with van der Waals surface area (Å²) in [6.45, 7) is 0. The Bertz CT molecular complexity index is 758. The summed E-state index contributed by atoms with van der Waals surface area (Å²) in [5.41, 5.74) is 4.70. The number of hydrogen-bond donors (Lipinski definition) is 2. The zero-order valence-corrected chi connectivity index (χ0v) is 11.8. The Morgan fingerprint density at radius 2 is 2.10 bits per heavy atom. The van der Waals surface area contributed by atoms with Crippen LogP contribution >= 0.6 is 11.3 Å². The lowest BCUT2D eigenvalue weighted by atomic mass is 10.2. The number of nitrogens with one attached hydrogen (secondary N) is 2. The average molecular weight is 283 g/mol. The molecule has 1 aromatic carbocycles. The molecule has 1 aliphatic rings. The van der Waals surface area contributed by atoms with Gasteiger partial charge in [0, 0.05) is 28.1 Å². The fourth-order valence-electron chi connectivity index (χ4n) is 2.54. The van der Waals surface area contributed by atoms with Crippen molar-refractivity contribution in [2.45, 2.75) is 6.42 Å². The van der Waals surface area contributed by atoms with Crippen LogP contribution in [0.5, 0.6) is 5.75 Å². The lowest BCUT2D eigenvalue weighted by Crippen LogP contribution is -1.94. The monoisotopic (exact) mass is 283 g/mol. The largest absolute Gasteiger partial charge is 0.497 e. The minimum atomic E-state index is 0.852. The first kappa shape index (κ1) is 11.5. The van der Waals surface area contributed by atoms with E-state index >= 15 is 0 Å². The number of rotatable bonds is 3. The molecule has 0 spiro atoms. The zero-order valence-electron chi connectivity index (χ0n) is 10.9. The van der Waals surface area contributed by atoms with Gasteiger partial charge < -0.3 is 10.1 Å². The molecule has 3 aromatic rings. The Kier molecular flexibility index (Phi) is 2.53. The third-order valence-electron chi connectivity index (χ3n) is 3.57. The number of hydrogen-bond acceptors (Lipinski definition) is 4. The molecule has 0 bridgehead atoms. The molecular formula is C15H13N3OS. The number of aromatic nitrogens is 2. The highest BCUT2D eigenvalue weighted by atomic mass is 32.1. The second-order valence-electron chi connectivity index (χ2n) is 4.71. The van der Waals surface area contributed by atoms with E-state index in [1.165, 1.54) is 16.0 Å². The second kappa shape index (κ2) is 4.38. The molecule has 0 amide bonds. The molecule has 2 N–H and O–H groups in total. The van der Waals surface area contributed by atoms with E-state index in [-0.39, 0.29) is 0 Å². The molecule has 2 heterocycles. The van der Waals surface area contributed by atoms with Crippen LogP contribution in [0.1, 0.15) is 10.4 Å². The maximum Gasteiger partial charge on any atom is 0.156 e. The van der Waals surface area contributed by atoms with Crippen molar-refractivity contribution in [3.63, 3.8) is 0 Å². The minimum absolute atomic E-state index is 0.852. The van der Waals surface area contributed by atoms with Crippen molar-refractivity contribution in [1.29, 1.82) is 0 Å². The average Bonchev–Trinajstić information content (AvgIpc) is 3.13. The van der Waals surface area contributed by atoms with Crippen LogP contribution in [0, 0.1) is 0 Å². The molecule has 0 unspecified atom stereocenters. The van der Waals surface area contributed by atoms with Gasteiger partial charge in [-0.15, -0.1) is 11.3 Å². The molecule has 2 aromatic heterocycles. The number of thiophene rings is 1. The topological polar surface area (TPSA) is 49.9 Å². The maximum absolute atomic E-state index is 5.16. The van der Waals surface area contributed by atoms with Gasteiger partial charge in [0.05, 0.1) is 12.8 Å². The molecular weight excluding hydrogens is 270 g/mol. The van der Waals surface area contributed by atoms with Gasteiger partial charge in [0.2, 0.25) is 0 Å². The summed E-state index contributed by atoms with van der Waals surface area (Å²) in [5.74, 6) is 1.76. The highest BCUT2D eigenvalue weighted by Crippen LogP contribution is 2.41. The first-order valence-electron chi connectivity index (χ1n) is 6.40. The number of benzene rings is 1. The molecule has 0 radical (unpaired) electrons. The van der Waals surface area contributed by atoms with E-state index in [0.29, 0.717) is 0 Å². The van der Waals surface area contributed by atoms with E-state index < -0.39 is 0 Å². The van der Waals surface area contributed by atoms with Crippen molar-refractivity contribution < 1.29 is 4.74 Å². The normalized spacial score (nSPS) is 12.1. The number of H-pyrrole nitrogens is 1. The number of fused-ring (bicyclic) bond motifs is 3. The quantitative estimate of drug-likeness (QED) is 0.601. The highest BCUT2D eigenvalue weighted by molar-refractivity contribution is 7.10. The smallest absolute Gasteiger partial charge is 0.156 e. The molecule has 0 atom stereocenters. The summed E-state index contributed by atoms with van der Waals surface area (Å²) in [5, 5.41) is 13.0. The molecule has 0 saturated heterocycles. The fraction of sp³-hybridized carbons (Fsp3) is 0.133. The third kappa shape index (κ3) is 1.71. The summed E-state index contributed by atoms with van der Waals surface area (Å²) < 4.78 is 5.16. The first-order chi connectivity index (χ1) is 9.85. The molecule has 100 valence electrons. The number of anilines is 2. The van der Waals surface area contributed by atoms with E-state index in [1.807, 2.05) is 24.3 Å². The van der Waals surface area contributed by atoms with Gasteiger partial charge >= 0.3 is 0 Å². The lowest BCUT2D eigenvalue weighted by Gasteiger charge is -2.06. The van der Waals surface area contributed by atoms with Gasteiger partial charge in [0.25, 0.3) is 0 Å². The van der Waals surface area contributed by atoms with Crippen LogP contribution in [0.25, 0.3) is 11.3 Å². The van der Waals surface area contributed by atoms with Crippen molar-refractivity contribution in [3.05, 3.63) is 46.2 Å². The van der Waals surface area contributed by atoms with Gasteiger partial charge in [-0.3, -0.25) is 5.10 Å². The van der Waals surface area contributed by atoms with E-state index in [2.05, 4.69) is 27.0 Å². The van der Waals surface area contributed by atoms with Crippen LogP contribution in [-0.2, 0) is 6.42 Å². The molecule has 5 heteroatoms. The third-order valence-corrected chi connectivity index (χ3v) is 4.49. The molecule has 4 rings (SSSR count). The molecule has 1 aliphatic carbocycles. The first-order valence-corrected chi connectivity index (χ1v) is 7.28. The van der Waals surface area contributed by atoms with Gasteiger partial charge in [0.1, 0.15) is 5.75 Å². The van der Waals surface area contributed by atoms with Crippen LogP contribution in [0.2, 0.25) is 0 Å². The van der Waals surface area contributed by atoms with E-state index in [4.69, 9.17) is 4.74 Å². The number of aromatic amines is 1. The number of ether oxygens (including phenoxy) is 1. The van der Waals surface area contributed by atoms with Crippen molar-refractivity contribution >= 4 is 22.8 Å². The van der Waals surface area contributed by atoms with Gasteiger partial charge in [-0.25, -0.2) is 0 Å². The Hall–Kier alpha value is -2.27. The summed E-state index contributed by atoms with van der Waals surface area (Å²) in [6.07, 6.45) is 0.956. The van der Waals surface area contributed by atoms with Crippen molar-refractivity contribution in [1.82, 2.24) is 10.2 Å². The molecule has 20 heavy (non-hydrogen) atoms. The predicted molar refractivity (Wildman–Crippen MR) is 81.0 cm³/mol. The van der Waals surface area contributed by atoms with Crippen LogP contribution < -0.4 is 10.1 Å². The van der Waals surface area contributed by atoms with Crippen molar-refractivity contribution in [2.24, 2.45) is 0 Å². The molecule has 4 nitrogen and oxygen atoms in total. The van der Waals surface area contributed by atoms with Gasteiger partial charge in [-0.1, -0.05) is 0 Å². The number of nitrogens with zero attached hydrogens (tertiary/aromatic N) is 1. The summed E-state index contributed by atoms with van der Waals surface area (Å²) in [4.78, 5) is 1.41. The zero-order chi connectivity index (χ0) is 13.5. The Labute approximate surface area is 120 Å². The summed E-state index contributed by atoms with van der Waals surface area (Å²) in [7, 11) is 1.67. The SMILES string of the molecule is COc1ccc(Nc2n[nH]c3c2Cc2sccc2-3)cc1. The fourth-order valence-corrected chi connectivity index (χ4v) is 3.43. The standard InChI is InChI=1S/C15H13N3OS/c1-19-10-4-2-9(3-5-10)16-15-12-8-13-11(6-7-20-13)14(12)17-18-15/h2-7H,8H2,1H3,(H2,16,17,18). The van der Waals surface area contributed by atoms with Gasteiger partial charge in [0.15, 0.2) is 5.82 Å². The van der Waals surface area contributed by atoms with E-state index in [1.54, 1.807) is 18.4 Å². The van der Waals surface area contributed by atoms with E-state index in [0.717, 1.165) is 29.4 Å². The van der Waals surface area contributed by atoms with Crippen LogP contribution in [0.15, 0.2) is 35.7 Å². The minimum Gasteiger partial charge on any atom is -0.497 e. The predicted octanol–water partition coefficient (Wildman–Crippen LogP) is 3.79. The maximum atomic E-state index is 5.16.